The fourth-order valence-corrected chi connectivity index (χ4v) is 4.58. The number of nitrogens with zero attached hydrogens (tertiary/aromatic N) is 2. The number of hydrogen-bond acceptors (Lipinski definition) is 6. The van der Waals surface area contributed by atoms with Crippen molar-refractivity contribution in [1.82, 2.24) is 9.55 Å². The van der Waals surface area contributed by atoms with Crippen LogP contribution in [0.2, 0.25) is 0 Å². The number of hydrogen-bond donors (Lipinski definition) is 1. The number of ether oxygens (including phenoxy) is 3. The highest BCUT2D eigenvalue weighted by Crippen LogP contribution is 2.45. The maximum Gasteiger partial charge on any atom is 0.209 e. The van der Waals surface area contributed by atoms with Crippen LogP contribution in [-0.4, -0.2) is 36.7 Å². The number of nitrogens with one attached hydrogen (secondary N) is 1. The molecule has 0 radical (unpaired) electrons. The molecule has 0 aliphatic carbocycles. The lowest BCUT2D eigenvalue weighted by atomic mass is 9.89. The number of carbonyl (C=O) groups excluding carboxylic acids is 1. The highest BCUT2D eigenvalue weighted by molar-refractivity contribution is 6.11. The average Bonchev–Trinajstić information content (AvgIpc) is 3.24. The highest BCUT2D eigenvalue weighted by atomic mass is 16.5. The Hall–Kier alpha value is -4.26. The van der Waals surface area contributed by atoms with Crippen LogP contribution < -0.4 is 19.5 Å². The molecule has 0 unspecified atom stereocenters. The number of allylic oxidation sites excluding steroid dienone is 2. The summed E-state index contributed by atoms with van der Waals surface area (Å²) < 4.78 is 18.8. The normalized spacial score (nSPS) is 15.0. The van der Waals surface area contributed by atoms with Gasteiger partial charge in [0.05, 0.1) is 38.4 Å². The van der Waals surface area contributed by atoms with Gasteiger partial charge in [-0.2, -0.15) is 0 Å². The first-order valence-corrected chi connectivity index (χ1v) is 10.9. The van der Waals surface area contributed by atoms with Gasteiger partial charge in [0.15, 0.2) is 17.3 Å². The molecule has 0 spiro atoms. The summed E-state index contributed by atoms with van der Waals surface area (Å²) in [6.07, 6.45) is 0. The van der Waals surface area contributed by atoms with Crippen LogP contribution in [0.3, 0.4) is 0 Å². The predicted molar refractivity (Wildman–Crippen MR) is 131 cm³/mol. The molecule has 0 saturated carbocycles. The Labute approximate surface area is 197 Å². The second kappa shape index (κ2) is 8.59. The number of carbonyl (C=O) groups is 1. The Bertz CT molecular complexity index is 1400. The van der Waals surface area contributed by atoms with E-state index in [1.165, 1.54) is 0 Å². The molecule has 2 heterocycles. The number of rotatable bonds is 6. The Morgan fingerprint density at radius 3 is 2.21 bits per heavy atom. The largest absolute Gasteiger partial charge is 0.493 e. The van der Waals surface area contributed by atoms with E-state index in [4.69, 9.17) is 19.2 Å². The third-order valence-corrected chi connectivity index (χ3v) is 6.11. The highest BCUT2D eigenvalue weighted by Gasteiger charge is 2.35. The molecule has 0 bridgehead atoms. The van der Waals surface area contributed by atoms with Crippen LogP contribution in [-0.2, 0) is 0 Å². The van der Waals surface area contributed by atoms with Crippen molar-refractivity contribution < 1.29 is 19.0 Å². The van der Waals surface area contributed by atoms with Gasteiger partial charge in [-0.15, -0.1) is 0 Å². The van der Waals surface area contributed by atoms with Crippen molar-refractivity contribution >= 4 is 22.8 Å². The second-order valence-electron chi connectivity index (χ2n) is 8.01. The first-order valence-electron chi connectivity index (χ1n) is 10.9. The van der Waals surface area contributed by atoms with E-state index in [0.29, 0.717) is 34.3 Å². The first-order chi connectivity index (χ1) is 16.6. The molecular formula is C27H25N3O4. The fourth-order valence-electron chi connectivity index (χ4n) is 4.58. The van der Waals surface area contributed by atoms with Crippen LogP contribution in [0.25, 0.3) is 11.0 Å². The molecule has 3 aromatic carbocycles. The molecule has 1 aliphatic rings. The van der Waals surface area contributed by atoms with Gasteiger partial charge in [0.25, 0.3) is 0 Å². The number of anilines is 1. The zero-order valence-corrected chi connectivity index (χ0v) is 19.5. The van der Waals surface area contributed by atoms with Gasteiger partial charge in [-0.1, -0.05) is 42.5 Å². The molecule has 7 nitrogen and oxygen atoms in total. The first kappa shape index (κ1) is 21.6. The van der Waals surface area contributed by atoms with Crippen LogP contribution in [0.5, 0.6) is 17.2 Å². The van der Waals surface area contributed by atoms with Crippen LogP contribution in [0.1, 0.15) is 28.9 Å². The minimum Gasteiger partial charge on any atom is -0.493 e. The van der Waals surface area contributed by atoms with Crippen molar-refractivity contribution in [2.45, 2.75) is 13.0 Å². The average molecular weight is 456 g/mol. The van der Waals surface area contributed by atoms with Gasteiger partial charge in [0.1, 0.15) is 0 Å². The molecule has 0 fully saturated rings. The van der Waals surface area contributed by atoms with Crippen molar-refractivity contribution in [3.05, 3.63) is 89.1 Å². The molecule has 0 saturated heterocycles. The Balaban J connectivity index is 1.80. The quantitative estimate of drug-likeness (QED) is 0.401. The number of imidazole rings is 1. The number of ketones is 1. The maximum absolute atomic E-state index is 13.9. The number of para-hydroxylation sites is 2. The van der Waals surface area contributed by atoms with Gasteiger partial charge in [-0.05, 0) is 36.8 Å². The van der Waals surface area contributed by atoms with E-state index >= 15 is 0 Å². The summed E-state index contributed by atoms with van der Waals surface area (Å²) in [6, 6.07) is 20.5. The summed E-state index contributed by atoms with van der Waals surface area (Å²) >= 11 is 0. The minimum absolute atomic E-state index is 0.0622. The zero-order valence-electron chi connectivity index (χ0n) is 19.5. The third-order valence-electron chi connectivity index (χ3n) is 6.11. The molecule has 34 heavy (non-hydrogen) atoms. The lowest BCUT2D eigenvalue weighted by Gasteiger charge is -2.31. The molecule has 1 aliphatic heterocycles. The summed E-state index contributed by atoms with van der Waals surface area (Å²) in [7, 11) is 4.73. The Morgan fingerprint density at radius 1 is 0.912 bits per heavy atom. The van der Waals surface area contributed by atoms with E-state index in [0.717, 1.165) is 22.3 Å². The van der Waals surface area contributed by atoms with Crippen molar-refractivity contribution in [3.8, 4) is 17.2 Å². The topological polar surface area (TPSA) is 74.6 Å². The van der Waals surface area contributed by atoms with Crippen LogP contribution >= 0.6 is 0 Å². The minimum atomic E-state index is -0.468. The van der Waals surface area contributed by atoms with E-state index in [9.17, 15) is 4.79 Å². The van der Waals surface area contributed by atoms with Gasteiger partial charge in [-0.3, -0.25) is 9.36 Å². The van der Waals surface area contributed by atoms with E-state index in [1.54, 1.807) is 21.3 Å². The fraction of sp³-hybridized carbons (Fsp3) is 0.185. The van der Waals surface area contributed by atoms with Crippen molar-refractivity contribution in [1.29, 1.82) is 0 Å². The molecule has 5 rings (SSSR count). The molecule has 1 N–H and O–H groups in total. The predicted octanol–water partition coefficient (Wildman–Crippen LogP) is 5.23. The lowest BCUT2D eigenvalue weighted by molar-refractivity contribution is 0.102. The standard InChI is InChI=1S/C27H25N3O4/c1-16-23(25(31)17-10-6-5-7-11-17)24(18-14-21(32-2)26(34-4)22(15-18)33-3)30-20-13-9-8-12-19(20)29-27(30)28-16/h5-15,24H,1-4H3,(H,28,29)/t24-/m1/s1. The zero-order chi connectivity index (χ0) is 23.8. The summed E-state index contributed by atoms with van der Waals surface area (Å²) in [4.78, 5) is 18.7. The van der Waals surface area contributed by atoms with Crippen molar-refractivity contribution in [3.63, 3.8) is 0 Å². The number of Topliss-reactive ketones (excluding diaryl/α,β-unsaturated/α-hetero) is 1. The number of aromatic nitrogens is 2. The molecule has 1 aromatic heterocycles. The van der Waals surface area contributed by atoms with Gasteiger partial charge < -0.3 is 19.5 Å². The summed E-state index contributed by atoms with van der Waals surface area (Å²) in [5.41, 5.74) is 4.55. The summed E-state index contributed by atoms with van der Waals surface area (Å²) in [5.74, 6) is 2.14. The Kier molecular flexibility index (Phi) is 5.45. The Morgan fingerprint density at radius 2 is 1.56 bits per heavy atom. The third kappa shape index (κ3) is 3.37. The van der Waals surface area contributed by atoms with E-state index < -0.39 is 6.04 Å². The van der Waals surface area contributed by atoms with E-state index in [1.807, 2.05) is 73.7 Å². The van der Waals surface area contributed by atoms with Gasteiger partial charge in [0.2, 0.25) is 11.7 Å². The second-order valence-corrected chi connectivity index (χ2v) is 8.01. The van der Waals surface area contributed by atoms with Crippen molar-refractivity contribution in [2.24, 2.45) is 0 Å². The number of methoxy groups -OCH3 is 3. The monoisotopic (exact) mass is 455 g/mol. The van der Waals surface area contributed by atoms with Crippen LogP contribution in [0, 0.1) is 0 Å². The molecule has 172 valence electrons. The summed E-state index contributed by atoms with van der Waals surface area (Å²) in [5, 5.41) is 3.35. The number of fused-ring (bicyclic) bond motifs is 3. The maximum atomic E-state index is 13.9. The van der Waals surface area contributed by atoms with Crippen LogP contribution in [0.15, 0.2) is 78.0 Å². The van der Waals surface area contributed by atoms with E-state index in [2.05, 4.69) is 9.88 Å². The SMILES string of the molecule is COc1cc([C@@H]2C(C(=O)c3ccccc3)=C(C)Nc3nc4ccccc4n32)cc(OC)c1OC. The molecular weight excluding hydrogens is 430 g/mol. The molecule has 4 aromatic rings. The van der Waals surface area contributed by atoms with Gasteiger partial charge in [0, 0.05) is 16.8 Å². The molecule has 0 amide bonds. The lowest BCUT2D eigenvalue weighted by Crippen LogP contribution is -2.28. The summed E-state index contributed by atoms with van der Waals surface area (Å²) in [6.45, 7) is 1.91. The molecule has 7 heteroatoms. The number of benzene rings is 3. The van der Waals surface area contributed by atoms with E-state index in [-0.39, 0.29) is 5.78 Å². The van der Waals surface area contributed by atoms with Crippen LogP contribution in [0.4, 0.5) is 5.95 Å². The van der Waals surface area contributed by atoms with Gasteiger partial charge >= 0.3 is 0 Å². The molecule has 1 atom stereocenters. The smallest absolute Gasteiger partial charge is 0.209 e. The van der Waals surface area contributed by atoms with Crippen molar-refractivity contribution in [2.75, 3.05) is 26.6 Å². The van der Waals surface area contributed by atoms with Gasteiger partial charge in [-0.25, -0.2) is 4.98 Å².